The van der Waals surface area contributed by atoms with Crippen LogP contribution >= 0.6 is 46.4 Å². The summed E-state index contributed by atoms with van der Waals surface area (Å²) in [6.07, 6.45) is 0.704. The van der Waals surface area contributed by atoms with E-state index >= 15 is 0 Å². The fraction of sp³-hybridized carbons (Fsp3) is 0.286. The largest absolute Gasteiger partial charge is 0.354 e. The number of benzene rings is 3. The third kappa shape index (κ3) is 7.83. The van der Waals surface area contributed by atoms with Gasteiger partial charge in [0.1, 0.15) is 12.6 Å². The Morgan fingerprint density at radius 3 is 2.17 bits per heavy atom. The summed E-state index contributed by atoms with van der Waals surface area (Å²) in [6.45, 7) is 5.06. The molecular weight excluding hydrogens is 616 g/mol. The number of sulfonamides is 1. The first-order chi connectivity index (χ1) is 18.8. The average Bonchev–Trinajstić information content (AvgIpc) is 2.91. The molecule has 40 heavy (non-hydrogen) atoms. The normalized spacial score (nSPS) is 12.1. The van der Waals surface area contributed by atoms with E-state index < -0.39 is 28.5 Å². The van der Waals surface area contributed by atoms with E-state index in [0.29, 0.717) is 28.6 Å². The highest BCUT2D eigenvalue weighted by molar-refractivity contribution is 7.92. The zero-order valence-corrected chi connectivity index (χ0v) is 26.0. The van der Waals surface area contributed by atoms with Crippen molar-refractivity contribution in [3.8, 4) is 0 Å². The van der Waals surface area contributed by atoms with Crippen molar-refractivity contribution in [3.63, 3.8) is 0 Å². The number of halogens is 4. The molecule has 3 aromatic rings. The number of carbonyl (C=O) groups is 2. The Morgan fingerprint density at radius 1 is 0.900 bits per heavy atom. The maximum Gasteiger partial charge on any atom is 0.264 e. The van der Waals surface area contributed by atoms with Gasteiger partial charge in [0.2, 0.25) is 11.8 Å². The van der Waals surface area contributed by atoms with E-state index in [9.17, 15) is 18.0 Å². The summed E-state index contributed by atoms with van der Waals surface area (Å²) in [6, 6.07) is 14.4. The second-order valence-corrected chi connectivity index (χ2v) is 12.7. The van der Waals surface area contributed by atoms with E-state index in [1.54, 1.807) is 31.2 Å². The van der Waals surface area contributed by atoms with Gasteiger partial charge in [-0.2, -0.15) is 0 Å². The van der Waals surface area contributed by atoms with E-state index in [-0.39, 0.29) is 33.1 Å². The van der Waals surface area contributed by atoms with Crippen molar-refractivity contribution in [2.75, 3.05) is 17.4 Å². The molecule has 1 atom stereocenters. The first-order valence-corrected chi connectivity index (χ1v) is 15.4. The molecule has 0 aliphatic rings. The Bertz CT molecular complexity index is 1480. The Hall–Kier alpha value is -2.49. The van der Waals surface area contributed by atoms with Crippen LogP contribution < -0.4 is 9.62 Å². The maximum absolute atomic E-state index is 13.9. The molecule has 3 rings (SSSR count). The zero-order chi connectivity index (χ0) is 29.6. The monoisotopic (exact) mass is 643 g/mol. The lowest BCUT2D eigenvalue weighted by Gasteiger charge is -2.32. The lowest BCUT2D eigenvalue weighted by Crippen LogP contribution is -2.51. The summed E-state index contributed by atoms with van der Waals surface area (Å²) in [7, 11) is -4.24. The summed E-state index contributed by atoms with van der Waals surface area (Å²) in [5.74, 6) is -1.02. The summed E-state index contributed by atoms with van der Waals surface area (Å²) in [4.78, 5) is 28.1. The molecule has 0 saturated heterocycles. The third-order valence-electron chi connectivity index (χ3n) is 6.15. The molecule has 0 aromatic heterocycles. The smallest absolute Gasteiger partial charge is 0.264 e. The number of hydrogen-bond donors (Lipinski definition) is 1. The minimum absolute atomic E-state index is 0.0157. The molecule has 3 aromatic carbocycles. The predicted molar refractivity (Wildman–Crippen MR) is 162 cm³/mol. The number of nitrogens with one attached hydrogen (secondary N) is 1. The molecule has 7 nitrogen and oxygen atoms in total. The van der Waals surface area contributed by atoms with Crippen LogP contribution in [0.4, 0.5) is 5.69 Å². The van der Waals surface area contributed by atoms with E-state index in [4.69, 9.17) is 46.4 Å². The summed E-state index contributed by atoms with van der Waals surface area (Å²) < 4.78 is 28.7. The van der Waals surface area contributed by atoms with Gasteiger partial charge in [-0.3, -0.25) is 13.9 Å². The standard InChI is InChI=1S/C28H29Cl4N3O4S/c1-4-13-33-28(37)19(3)34(16-20-7-8-21(29)14-25(20)31)27(36)17-35(22-9-12-24(30)26(32)15-22)40(38,39)23-10-5-18(2)6-11-23/h5-12,14-15,19H,4,13,16-17H2,1-3H3,(H,33,37). The molecule has 214 valence electrons. The van der Waals surface area contributed by atoms with Crippen LogP contribution in [0.3, 0.4) is 0 Å². The second-order valence-electron chi connectivity index (χ2n) is 9.15. The molecule has 12 heteroatoms. The number of nitrogens with zero attached hydrogens (tertiary/aromatic N) is 2. The highest BCUT2D eigenvalue weighted by atomic mass is 35.5. The lowest BCUT2D eigenvalue weighted by atomic mass is 10.1. The van der Waals surface area contributed by atoms with Gasteiger partial charge < -0.3 is 10.2 Å². The van der Waals surface area contributed by atoms with Crippen LogP contribution in [0.25, 0.3) is 0 Å². The van der Waals surface area contributed by atoms with Crippen molar-refractivity contribution in [2.24, 2.45) is 0 Å². The molecule has 0 fully saturated rings. The number of aryl methyl sites for hydroxylation is 1. The molecule has 0 radical (unpaired) electrons. The molecule has 0 saturated carbocycles. The van der Waals surface area contributed by atoms with Crippen LogP contribution in [0.1, 0.15) is 31.4 Å². The second kappa shape index (κ2) is 13.9. The molecular formula is C28H29Cl4N3O4S. The molecule has 1 unspecified atom stereocenters. The Kier molecular flexibility index (Phi) is 11.1. The van der Waals surface area contributed by atoms with Gasteiger partial charge in [-0.05, 0) is 68.3 Å². The predicted octanol–water partition coefficient (Wildman–Crippen LogP) is 6.75. The van der Waals surface area contributed by atoms with Gasteiger partial charge in [0.25, 0.3) is 10.0 Å². The molecule has 2 amide bonds. The topological polar surface area (TPSA) is 86.8 Å². The van der Waals surface area contributed by atoms with Crippen LogP contribution in [0.15, 0.2) is 65.6 Å². The number of anilines is 1. The van der Waals surface area contributed by atoms with Crippen molar-refractivity contribution in [3.05, 3.63) is 91.9 Å². The van der Waals surface area contributed by atoms with E-state index in [0.717, 1.165) is 9.87 Å². The van der Waals surface area contributed by atoms with Crippen molar-refractivity contribution in [1.29, 1.82) is 0 Å². The van der Waals surface area contributed by atoms with Gasteiger partial charge in [-0.15, -0.1) is 0 Å². The molecule has 0 bridgehead atoms. The summed E-state index contributed by atoms with van der Waals surface area (Å²) in [5, 5.41) is 3.85. The Balaban J connectivity index is 2.06. The van der Waals surface area contributed by atoms with Crippen LogP contribution in [0.5, 0.6) is 0 Å². The van der Waals surface area contributed by atoms with E-state index in [2.05, 4.69) is 5.32 Å². The molecule has 0 spiro atoms. The van der Waals surface area contributed by atoms with Gasteiger partial charge in [-0.25, -0.2) is 8.42 Å². The van der Waals surface area contributed by atoms with Gasteiger partial charge in [0, 0.05) is 23.1 Å². The maximum atomic E-state index is 13.9. The highest BCUT2D eigenvalue weighted by Crippen LogP contribution is 2.31. The minimum atomic E-state index is -4.24. The fourth-order valence-corrected chi connectivity index (χ4v) is 5.98. The molecule has 0 heterocycles. The first kappa shape index (κ1) is 32.0. The fourth-order valence-electron chi connectivity index (χ4n) is 3.82. The third-order valence-corrected chi connectivity index (χ3v) is 9.27. The van der Waals surface area contributed by atoms with Crippen molar-refractivity contribution >= 4 is 73.9 Å². The quantitative estimate of drug-likeness (QED) is 0.250. The number of rotatable bonds is 11. The summed E-state index contributed by atoms with van der Waals surface area (Å²) in [5.41, 5.74) is 1.54. The molecule has 0 aliphatic carbocycles. The van der Waals surface area contributed by atoms with Gasteiger partial charge >= 0.3 is 0 Å². The van der Waals surface area contributed by atoms with Crippen LogP contribution in [-0.2, 0) is 26.2 Å². The first-order valence-electron chi connectivity index (χ1n) is 12.4. The average molecular weight is 645 g/mol. The van der Waals surface area contributed by atoms with Crippen molar-refractivity contribution < 1.29 is 18.0 Å². The Labute approximate surface area is 255 Å². The lowest BCUT2D eigenvalue weighted by molar-refractivity contribution is -0.139. The van der Waals surface area contributed by atoms with Crippen LogP contribution in [-0.4, -0.2) is 44.3 Å². The van der Waals surface area contributed by atoms with Gasteiger partial charge in [0.15, 0.2) is 0 Å². The zero-order valence-electron chi connectivity index (χ0n) is 22.1. The van der Waals surface area contributed by atoms with Gasteiger partial charge in [0.05, 0.1) is 20.6 Å². The number of hydrogen-bond acceptors (Lipinski definition) is 4. The minimum Gasteiger partial charge on any atom is -0.354 e. The Morgan fingerprint density at radius 2 is 1.57 bits per heavy atom. The van der Waals surface area contributed by atoms with Gasteiger partial charge in [-0.1, -0.05) is 77.1 Å². The van der Waals surface area contributed by atoms with E-state index in [1.165, 1.54) is 41.3 Å². The highest BCUT2D eigenvalue weighted by Gasteiger charge is 2.33. The van der Waals surface area contributed by atoms with Crippen LogP contribution in [0, 0.1) is 6.92 Å². The summed E-state index contributed by atoms with van der Waals surface area (Å²) >= 11 is 24.7. The molecule has 0 aliphatic heterocycles. The van der Waals surface area contributed by atoms with Crippen molar-refractivity contribution in [1.82, 2.24) is 10.2 Å². The SMILES string of the molecule is CCCNC(=O)C(C)N(Cc1ccc(Cl)cc1Cl)C(=O)CN(c1ccc(Cl)c(Cl)c1)S(=O)(=O)c1ccc(C)cc1. The van der Waals surface area contributed by atoms with Crippen LogP contribution in [0.2, 0.25) is 20.1 Å². The number of amides is 2. The van der Waals surface area contributed by atoms with E-state index in [1.807, 2.05) is 13.8 Å². The van der Waals surface area contributed by atoms with Crippen molar-refractivity contribution in [2.45, 2.75) is 44.7 Å². The molecule has 1 N–H and O–H groups in total. The number of carbonyl (C=O) groups excluding carboxylic acids is 2.